The molecule has 0 saturated carbocycles. The van der Waals surface area contributed by atoms with Crippen LogP contribution in [0.3, 0.4) is 0 Å². The molecular weight excluding hydrogens is 392 g/mol. The van der Waals surface area contributed by atoms with Crippen LogP contribution in [0.1, 0.15) is 37.8 Å². The Bertz CT molecular complexity index is 948. The Kier molecular flexibility index (Phi) is 6.15. The average Bonchev–Trinajstić information content (AvgIpc) is 3.19. The predicted octanol–water partition coefficient (Wildman–Crippen LogP) is 2.18. The van der Waals surface area contributed by atoms with Gasteiger partial charge in [-0.25, -0.2) is 9.97 Å². The third-order valence-corrected chi connectivity index (χ3v) is 6.23. The van der Waals surface area contributed by atoms with Gasteiger partial charge >= 0.3 is 0 Å². The number of likely N-dealkylation sites (tertiary alicyclic amines) is 2. The van der Waals surface area contributed by atoms with E-state index >= 15 is 0 Å². The maximum atomic E-state index is 13.1. The van der Waals surface area contributed by atoms with E-state index in [4.69, 9.17) is 9.97 Å². The van der Waals surface area contributed by atoms with Gasteiger partial charge in [0.05, 0.1) is 11.6 Å². The van der Waals surface area contributed by atoms with Crippen LogP contribution in [0, 0.1) is 5.92 Å². The third-order valence-electron chi connectivity index (χ3n) is 6.23. The first-order valence-corrected chi connectivity index (χ1v) is 11.0. The SMILES string of the molecule is CCN1C[C@@H](C(=O)N2CCC[C@H](c3cc(N(C)C)nc(-c4ccncc4)n3)C2)CC1=O. The number of anilines is 1. The van der Waals surface area contributed by atoms with Crippen LogP contribution in [0.5, 0.6) is 0 Å². The Labute approximate surface area is 183 Å². The molecule has 2 aliphatic heterocycles. The van der Waals surface area contributed by atoms with Crippen molar-refractivity contribution in [3.63, 3.8) is 0 Å². The summed E-state index contributed by atoms with van der Waals surface area (Å²) in [4.78, 5) is 44.6. The van der Waals surface area contributed by atoms with Crippen LogP contribution in [0.15, 0.2) is 30.6 Å². The zero-order valence-electron chi connectivity index (χ0n) is 18.5. The first-order chi connectivity index (χ1) is 15.0. The van der Waals surface area contributed by atoms with Gasteiger partial charge in [-0.1, -0.05) is 0 Å². The Morgan fingerprint density at radius 3 is 2.65 bits per heavy atom. The van der Waals surface area contributed by atoms with Crippen molar-refractivity contribution in [2.24, 2.45) is 5.92 Å². The monoisotopic (exact) mass is 422 g/mol. The standard InChI is InChI=1S/C23H30N6O2/c1-4-28-15-18(12-21(28)30)23(31)29-11-5-6-17(14-29)19-13-20(27(2)3)26-22(25-19)16-7-9-24-10-8-16/h7-10,13,17-18H,4-6,11-12,14-15H2,1-3H3/t17-,18-/m0/s1. The summed E-state index contributed by atoms with van der Waals surface area (Å²) in [5.74, 6) is 1.64. The van der Waals surface area contributed by atoms with E-state index in [1.807, 2.05) is 49.0 Å². The molecule has 4 rings (SSSR count). The van der Waals surface area contributed by atoms with Gasteiger partial charge in [0.1, 0.15) is 5.82 Å². The van der Waals surface area contributed by atoms with Crippen LogP contribution < -0.4 is 4.90 Å². The zero-order valence-corrected chi connectivity index (χ0v) is 18.5. The molecule has 0 aliphatic carbocycles. The second-order valence-corrected chi connectivity index (χ2v) is 8.56. The van der Waals surface area contributed by atoms with Crippen LogP contribution in [-0.2, 0) is 9.59 Å². The van der Waals surface area contributed by atoms with Crippen molar-refractivity contribution in [2.75, 3.05) is 45.2 Å². The summed E-state index contributed by atoms with van der Waals surface area (Å²) in [6.07, 6.45) is 5.72. The van der Waals surface area contributed by atoms with Gasteiger partial charge in [-0.15, -0.1) is 0 Å². The average molecular weight is 423 g/mol. The van der Waals surface area contributed by atoms with Gasteiger partial charge in [0.25, 0.3) is 0 Å². The van der Waals surface area contributed by atoms with E-state index in [1.165, 1.54) is 0 Å². The molecule has 0 aromatic carbocycles. The van der Waals surface area contributed by atoms with Gasteiger partial charge in [0.15, 0.2) is 5.82 Å². The fourth-order valence-corrected chi connectivity index (χ4v) is 4.44. The quantitative estimate of drug-likeness (QED) is 0.735. The number of hydrogen-bond donors (Lipinski definition) is 0. The predicted molar refractivity (Wildman–Crippen MR) is 119 cm³/mol. The summed E-state index contributed by atoms with van der Waals surface area (Å²) < 4.78 is 0. The molecule has 2 atom stereocenters. The molecule has 0 N–H and O–H groups in total. The fraction of sp³-hybridized carbons (Fsp3) is 0.522. The lowest BCUT2D eigenvalue weighted by Gasteiger charge is -2.34. The van der Waals surface area contributed by atoms with Gasteiger partial charge in [-0.05, 0) is 31.9 Å². The molecule has 2 amide bonds. The first-order valence-electron chi connectivity index (χ1n) is 11.0. The molecule has 0 radical (unpaired) electrons. The van der Waals surface area contributed by atoms with Crippen molar-refractivity contribution in [2.45, 2.75) is 32.1 Å². The van der Waals surface area contributed by atoms with Crippen LogP contribution in [0.2, 0.25) is 0 Å². The van der Waals surface area contributed by atoms with Crippen molar-refractivity contribution in [3.05, 3.63) is 36.3 Å². The largest absolute Gasteiger partial charge is 0.363 e. The van der Waals surface area contributed by atoms with Crippen molar-refractivity contribution < 1.29 is 9.59 Å². The van der Waals surface area contributed by atoms with Gasteiger partial charge in [-0.2, -0.15) is 0 Å². The highest BCUT2D eigenvalue weighted by atomic mass is 16.2. The third kappa shape index (κ3) is 4.52. The number of carbonyl (C=O) groups is 2. The van der Waals surface area contributed by atoms with Crippen LogP contribution in [-0.4, -0.2) is 76.8 Å². The van der Waals surface area contributed by atoms with Crippen LogP contribution >= 0.6 is 0 Å². The minimum atomic E-state index is -0.221. The Morgan fingerprint density at radius 2 is 1.97 bits per heavy atom. The number of pyridine rings is 1. The highest BCUT2D eigenvalue weighted by Gasteiger charge is 2.37. The summed E-state index contributed by atoms with van der Waals surface area (Å²) in [5.41, 5.74) is 1.88. The van der Waals surface area contributed by atoms with Crippen LogP contribution in [0.25, 0.3) is 11.4 Å². The zero-order chi connectivity index (χ0) is 22.0. The summed E-state index contributed by atoms with van der Waals surface area (Å²) in [6, 6.07) is 5.85. The topological polar surface area (TPSA) is 82.5 Å². The van der Waals surface area contributed by atoms with Gasteiger partial charge < -0.3 is 14.7 Å². The molecule has 8 nitrogen and oxygen atoms in total. The molecule has 8 heteroatoms. The molecule has 31 heavy (non-hydrogen) atoms. The Hall–Kier alpha value is -3.03. The van der Waals surface area contributed by atoms with Crippen molar-refractivity contribution in [1.29, 1.82) is 0 Å². The lowest BCUT2D eigenvalue weighted by molar-refractivity contribution is -0.137. The molecule has 2 saturated heterocycles. The number of rotatable bonds is 5. The van der Waals surface area contributed by atoms with Crippen LogP contribution in [0.4, 0.5) is 5.82 Å². The molecule has 4 heterocycles. The second kappa shape index (κ2) is 8.99. The summed E-state index contributed by atoms with van der Waals surface area (Å²) in [5, 5.41) is 0. The molecule has 164 valence electrons. The van der Waals surface area contributed by atoms with E-state index in [-0.39, 0.29) is 23.7 Å². The number of carbonyl (C=O) groups excluding carboxylic acids is 2. The van der Waals surface area contributed by atoms with Crippen molar-refractivity contribution in [1.82, 2.24) is 24.8 Å². The number of amides is 2. The molecular formula is C23H30N6O2. The lowest BCUT2D eigenvalue weighted by Crippen LogP contribution is -2.43. The highest BCUT2D eigenvalue weighted by molar-refractivity contribution is 5.89. The first kappa shape index (κ1) is 21.2. The minimum Gasteiger partial charge on any atom is -0.363 e. The summed E-state index contributed by atoms with van der Waals surface area (Å²) in [7, 11) is 3.94. The van der Waals surface area contributed by atoms with E-state index in [9.17, 15) is 9.59 Å². The Balaban J connectivity index is 1.56. The van der Waals surface area contributed by atoms with Crippen molar-refractivity contribution >= 4 is 17.6 Å². The van der Waals surface area contributed by atoms with E-state index in [0.29, 0.717) is 31.9 Å². The number of hydrogen-bond acceptors (Lipinski definition) is 6. The molecule has 0 unspecified atom stereocenters. The molecule has 0 spiro atoms. The molecule has 2 aromatic heterocycles. The molecule has 2 fully saturated rings. The van der Waals surface area contributed by atoms with Gasteiger partial charge in [0.2, 0.25) is 11.8 Å². The minimum absolute atomic E-state index is 0.0860. The van der Waals surface area contributed by atoms with E-state index in [1.54, 1.807) is 17.3 Å². The normalized spacial score (nSPS) is 21.5. The highest BCUT2D eigenvalue weighted by Crippen LogP contribution is 2.31. The van der Waals surface area contributed by atoms with E-state index in [2.05, 4.69) is 4.98 Å². The molecule has 2 aromatic rings. The molecule has 2 aliphatic rings. The number of aromatic nitrogens is 3. The van der Waals surface area contributed by atoms with E-state index in [0.717, 1.165) is 36.5 Å². The van der Waals surface area contributed by atoms with Crippen molar-refractivity contribution in [3.8, 4) is 11.4 Å². The molecule has 0 bridgehead atoms. The van der Waals surface area contributed by atoms with E-state index < -0.39 is 0 Å². The fourth-order valence-electron chi connectivity index (χ4n) is 4.44. The maximum absolute atomic E-state index is 13.1. The van der Waals surface area contributed by atoms with Gasteiger partial charge in [-0.3, -0.25) is 14.6 Å². The smallest absolute Gasteiger partial charge is 0.228 e. The second-order valence-electron chi connectivity index (χ2n) is 8.56. The summed E-state index contributed by atoms with van der Waals surface area (Å²) >= 11 is 0. The summed E-state index contributed by atoms with van der Waals surface area (Å²) in [6.45, 7) is 4.54. The Morgan fingerprint density at radius 1 is 1.19 bits per heavy atom. The lowest BCUT2D eigenvalue weighted by atomic mass is 9.93. The number of piperidine rings is 1. The maximum Gasteiger partial charge on any atom is 0.228 e. The number of nitrogens with zero attached hydrogens (tertiary/aromatic N) is 6. The van der Waals surface area contributed by atoms with Gasteiger partial charge in [0, 0.05) is 76.6 Å².